The van der Waals surface area contributed by atoms with Crippen LogP contribution in [0.5, 0.6) is 0 Å². The van der Waals surface area contributed by atoms with E-state index < -0.39 is 10.8 Å². The molecule has 1 heterocycles. The number of fused-ring (bicyclic) bond motifs is 1. The lowest BCUT2D eigenvalue weighted by molar-refractivity contribution is -0.127. The van der Waals surface area contributed by atoms with Gasteiger partial charge in [-0.3, -0.25) is 4.79 Å². The summed E-state index contributed by atoms with van der Waals surface area (Å²) in [4.78, 5) is 18.6. The van der Waals surface area contributed by atoms with Crippen LogP contribution in [0, 0.1) is 16.7 Å². The summed E-state index contributed by atoms with van der Waals surface area (Å²) in [6.07, 6.45) is 1.18. The first-order valence-electron chi connectivity index (χ1n) is 11.4. The average Bonchev–Trinajstić information content (AvgIpc) is 3.31. The summed E-state index contributed by atoms with van der Waals surface area (Å²) in [5.74, 6) is -0.194. The summed E-state index contributed by atoms with van der Waals surface area (Å²) >= 11 is 1.45. The van der Waals surface area contributed by atoms with Crippen LogP contribution in [0.3, 0.4) is 0 Å². The lowest BCUT2D eigenvalue weighted by atomic mass is 9.47. The summed E-state index contributed by atoms with van der Waals surface area (Å²) in [6.45, 7) is 2.00. The van der Waals surface area contributed by atoms with Crippen LogP contribution >= 0.6 is 11.3 Å². The van der Waals surface area contributed by atoms with E-state index in [2.05, 4.69) is 52.8 Å². The van der Waals surface area contributed by atoms with Crippen molar-refractivity contribution in [2.75, 3.05) is 5.32 Å². The largest absolute Gasteiger partial charge is 0.301 e. The number of nitrogens with one attached hydrogen (secondary N) is 1. The fourth-order valence-electron chi connectivity index (χ4n) is 5.98. The van der Waals surface area contributed by atoms with Crippen molar-refractivity contribution < 1.29 is 4.79 Å². The lowest BCUT2D eigenvalue weighted by Crippen LogP contribution is -2.53. The maximum absolute atomic E-state index is 13.9. The molecule has 1 unspecified atom stereocenters. The number of amides is 1. The molecule has 0 saturated heterocycles. The first-order chi connectivity index (χ1) is 16.5. The van der Waals surface area contributed by atoms with E-state index in [0.29, 0.717) is 11.6 Å². The van der Waals surface area contributed by atoms with Gasteiger partial charge in [-0.15, -0.1) is 11.3 Å². The topological polar surface area (TPSA) is 65.8 Å². The first-order valence-corrected chi connectivity index (χ1v) is 12.3. The van der Waals surface area contributed by atoms with Crippen molar-refractivity contribution in [2.45, 2.75) is 31.1 Å². The Balaban J connectivity index is 1.36. The first kappa shape index (κ1) is 20.8. The molecule has 3 aliphatic rings. The molecule has 1 amide bonds. The van der Waals surface area contributed by atoms with Crippen LogP contribution in [0.4, 0.5) is 5.13 Å². The number of hydrogen-bond donors (Lipinski definition) is 1. The number of carbonyl (C=O) groups excluding carboxylic acids is 1. The van der Waals surface area contributed by atoms with E-state index in [1.165, 1.54) is 16.9 Å². The van der Waals surface area contributed by atoms with Crippen LogP contribution in [0.25, 0.3) is 0 Å². The van der Waals surface area contributed by atoms with Crippen LogP contribution in [0.15, 0.2) is 84.2 Å². The van der Waals surface area contributed by atoms with Gasteiger partial charge in [0.05, 0.1) is 17.2 Å². The SMILES string of the molecule is CC1(C(=O)Nc2nc(Cc3ccccc3)cs2)CC2(C#N)c3ccccc3C1c1ccccc12. The number of rotatable bonds is 4. The average molecular weight is 462 g/mol. The van der Waals surface area contributed by atoms with Gasteiger partial charge >= 0.3 is 0 Å². The highest BCUT2D eigenvalue weighted by molar-refractivity contribution is 7.13. The van der Waals surface area contributed by atoms with Gasteiger partial charge in [0.25, 0.3) is 0 Å². The van der Waals surface area contributed by atoms with E-state index in [0.717, 1.165) is 34.4 Å². The summed E-state index contributed by atoms with van der Waals surface area (Å²) in [5.41, 5.74) is 4.74. The number of carbonyl (C=O) groups is 1. The number of hydrogen-bond acceptors (Lipinski definition) is 4. The molecule has 1 N–H and O–H groups in total. The third-order valence-electron chi connectivity index (χ3n) is 7.44. The van der Waals surface area contributed by atoms with E-state index in [9.17, 15) is 10.1 Å². The molecule has 2 bridgehead atoms. The Labute approximate surface area is 202 Å². The minimum atomic E-state index is -0.838. The predicted molar refractivity (Wildman–Crippen MR) is 134 cm³/mol. The van der Waals surface area contributed by atoms with E-state index >= 15 is 0 Å². The summed E-state index contributed by atoms with van der Waals surface area (Å²) in [6, 6.07) is 29.1. The standard InChI is InChI=1S/C29H23N3OS/c1-28(26(33)32-27-31-20(16-34-27)15-19-9-3-2-4-10-19)17-29(18-30)23-13-7-5-11-21(23)25(28)22-12-6-8-14-24(22)29/h2-14,16,25H,15,17H2,1H3,(H,31,32,33). The van der Waals surface area contributed by atoms with Crippen LogP contribution in [-0.4, -0.2) is 10.9 Å². The Morgan fingerprint density at radius 2 is 1.65 bits per heavy atom. The van der Waals surface area contributed by atoms with Crippen molar-refractivity contribution in [3.05, 3.63) is 118 Å². The minimum absolute atomic E-state index is 0.0817. The smallest absolute Gasteiger partial charge is 0.233 e. The molecule has 1 aromatic heterocycles. The van der Waals surface area contributed by atoms with E-state index in [1.807, 2.05) is 54.8 Å². The molecule has 5 heteroatoms. The molecular weight excluding hydrogens is 438 g/mol. The Kier molecular flexibility index (Phi) is 4.68. The second-order valence-electron chi connectivity index (χ2n) is 9.48. The number of benzene rings is 3. The highest BCUT2D eigenvalue weighted by Crippen LogP contribution is 2.63. The van der Waals surface area contributed by atoms with Gasteiger partial charge in [-0.05, 0) is 41.2 Å². The molecule has 34 heavy (non-hydrogen) atoms. The third-order valence-corrected chi connectivity index (χ3v) is 8.25. The van der Waals surface area contributed by atoms with Crippen molar-refractivity contribution >= 4 is 22.4 Å². The van der Waals surface area contributed by atoms with Crippen LogP contribution in [0.1, 0.15) is 52.8 Å². The van der Waals surface area contributed by atoms with Gasteiger partial charge in [0, 0.05) is 17.7 Å². The molecule has 0 fully saturated rings. The maximum atomic E-state index is 13.9. The van der Waals surface area contributed by atoms with Crippen LogP contribution in [-0.2, 0) is 16.6 Å². The van der Waals surface area contributed by atoms with E-state index in [-0.39, 0.29) is 11.8 Å². The monoisotopic (exact) mass is 461 g/mol. The third kappa shape index (κ3) is 2.96. The molecule has 3 aromatic carbocycles. The molecular formula is C29H23N3OS. The fourth-order valence-corrected chi connectivity index (χ4v) is 6.68. The maximum Gasteiger partial charge on any atom is 0.233 e. The second-order valence-corrected chi connectivity index (χ2v) is 10.3. The van der Waals surface area contributed by atoms with Gasteiger partial charge in [-0.2, -0.15) is 5.26 Å². The van der Waals surface area contributed by atoms with Gasteiger partial charge in [-0.1, -0.05) is 78.9 Å². The zero-order chi connectivity index (χ0) is 23.3. The highest BCUT2D eigenvalue weighted by atomic mass is 32.1. The van der Waals surface area contributed by atoms with Gasteiger partial charge < -0.3 is 5.32 Å². The summed E-state index contributed by atoms with van der Waals surface area (Å²) in [5, 5.41) is 16.2. The molecule has 4 nitrogen and oxygen atoms in total. The van der Waals surface area contributed by atoms with Crippen molar-refractivity contribution in [1.82, 2.24) is 4.98 Å². The molecule has 7 rings (SSSR count). The van der Waals surface area contributed by atoms with Crippen molar-refractivity contribution in [3.8, 4) is 6.07 Å². The van der Waals surface area contributed by atoms with E-state index in [4.69, 9.17) is 0 Å². The molecule has 3 aliphatic carbocycles. The fraction of sp³-hybridized carbons (Fsp3) is 0.207. The zero-order valence-electron chi connectivity index (χ0n) is 18.8. The van der Waals surface area contributed by atoms with E-state index in [1.54, 1.807) is 0 Å². The Morgan fingerprint density at radius 3 is 2.29 bits per heavy atom. The predicted octanol–water partition coefficient (Wildman–Crippen LogP) is 6.04. The van der Waals surface area contributed by atoms with Crippen LogP contribution < -0.4 is 5.32 Å². The number of nitriles is 1. The summed E-state index contributed by atoms with van der Waals surface area (Å²) in [7, 11) is 0. The van der Waals surface area contributed by atoms with Crippen molar-refractivity contribution in [2.24, 2.45) is 5.41 Å². The van der Waals surface area contributed by atoms with Gasteiger partial charge in [0.1, 0.15) is 5.41 Å². The highest BCUT2D eigenvalue weighted by Gasteiger charge is 2.61. The lowest BCUT2D eigenvalue weighted by Gasteiger charge is -2.54. The Bertz CT molecular complexity index is 1400. The van der Waals surface area contributed by atoms with Gasteiger partial charge in [-0.25, -0.2) is 4.98 Å². The van der Waals surface area contributed by atoms with Gasteiger partial charge in [0.2, 0.25) is 5.91 Å². The van der Waals surface area contributed by atoms with Crippen molar-refractivity contribution in [1.29, 1.82) is 5.26 Å². The minimum Gasteiger partial charge on any atom is -0.301 e. The number of aromatic nitrogens is 1. The molecule has 0 radical (unpaired) electrons. The number of anilines is 1. The van der Waals surface area contributed by atoms with Crippen LogP contribution in [0.2, 0.25) is 0 Å². The normalized spacial score (nSPS) is 24.1. The molecule has 0 spiro atoms. The zero-order valence-corrected chi connectivity index (χ0v) is 19.6. The molecule has 4 aromatic rings. The molecule has 0 aliphatic heterocycles. The molecule has 166 valence electrons. The Hall–Kier alpha value is -3.75. The summed E-state index contributed by atoms with van der Waals surface area (Å²) < 4.78 is 0. The van der Waals surface area contributed by atoms with Gasteiger partial charge in [0.15, 0.2) is 5.13 Å². The van der Waals surface area contributed by atoms with Crippen molar-refractivity contribution in [3.63, 3.8) is 0 Å². The molecule has 1 atom stereocenters. The number of thiazole rings is 1. The second kappa shape index (κ2) is 7.65. The number of nitrogens with zero attached hydrogens (tertiary/aromatic N) is 2. The quantitative estimate of drug-likeness (QED) is 0.403. The molecule has 0 saturated carbocycles. The Morgan fingerprint density at radius 1 is 1.03 bits per heavy atom.